The third-order valence-electron chi connectivity index (χ3n) is 2.72. The quantitative estimate of drug-likeness (QED) is 0.743. The monoisotopic (exact) mass is 258 g/mol. The molecule has 1 atom stereocenters. The molecule has 1 heterocycles. The molecule has 1 unspecified atom stereocenters. The molecule has 17 heavy (non-hydrogen) atoms. The Kier molecular flexibility index (Phi) is 6.05. The number of aliphatic hydroxyl groups is 1. The molecule has 0 bridgehead atoms. The molecule has 1 rings (SSSR count). The first-order chi connectivity index (χ1) is 8.13. The smallest absolute Gasteiger partial charge is 0.0926 e. The Labute approximate surface area is 107 Å². The van der Waals surface area contributed by atoms with E-state index in [-0.39, 0.29) is 12.1 Å². The van der Waals surface area contributed by atoms with Crippen LogP contribution in [-0.2, 0) is 17.7 Å². The van der Waals surface area contributed by atoms with Gasteiger partial charge in [-0.25, -0.2) is 4.98 Å². The normalized spacial score (nSPS) is 14.8. The summed E-state index contributed by atoms with van der Waals surface area (Å²) in [4.78, 5) is 4.50. The topological polar surface area (TPSA) is 54.4 Å². The molecule has 0 fully saturated rings. The van der Waals surface area contributed by atoms with E-state index in [1.54, 1.807) is 18.4 Å². The van der Waals surface area contributed by atoms with Gasteiger partial charge in [-0.3, -0.25) is 0 Å². The first-order valence-electron chi connectivity index (χ1n) is 5.91. The third-order valence-corrected chi connectivity index (χ3v) is 3.77. The van der Waals surface area contributed by atoms with Gasteiger partial charge in [0.1, 0.15) is 0 Å². The SMILES string of the molecule is CCc1nc(CNC(C)(CCO)COC)cs1. The molecule has 1 aromatic rings. The molecule has 0 spiro atoms. The number of hydrogen-bond acceptors (Lipinski definition) is 5. The number of thiazole rings is 1. The number of nitrogens with one attached hydrogen (secondary N) is 1. The molecular formula is C12H22N2O2S. The Bertz CT molecular complexity index is 322. The zero-order valence-corrected chi connectivity index (χ0v) is 11.6. The van der Waals surface area contributed by atoms with Gasteiger partial charge in [0.2, 0.25) is 0 Å². The second kappa shape index (κ2) is 7.06. The van der Waals surface area contributed by atoms with Crippen molar-refractivity contribution in [2.75, 3.05) is 20.3 Å². The lowest BCUT2D eigenvalue weighted by molar-refractivity contribution is 0.0967. The molecule has 0 aliphatic heterocycles. The summed E-state index contributed by atoms with van der Waals surface area (Å²) in [5, 5.41) is 15.7. The molecule has 1 aromatic heterocycles. The largest absolute Gasteiger partial charge is 0.396 e. The predicted octanol–water partition coefficient (Wildman–Crippen LogP) is 1.58. The van der Waals surface area contributed by atoms with Crippen molar-refractivity contribution in [3.05, 3.63) is 16.1 Å². The van der Waals surface area contributed by atoms with Gasteiger partial charge in [0.05, 0.1) is 17.3 Å². The first kappa shape index (κ1) is 14.6. The molecule has 4 nitrogen and oxygen atoms in total. The van der Waals surface area contributed by atoms with Crippen molar-refractivity contribution < 1.29 is 9.84 Å². The summed E-state index contributed by atoms with van der Waals surface area (Å²) in [6.45, 7) is 5.62. The summed E-state index contributed by atoms with van der Waals surface area (Å²) in [5.41, 5.74) is 0.867. The summed E-state index contributed by atoms with van der Waals surface area (Å²) in [7, 11) is 1.68. The van der Waals surface area contributed by atoms with Crippen LogP contribution in [0.1, 0.15) is 31.0 Å². The van der Waals surface area contributed by atoms with Gasteiger partial charge in [-0.1, -0.05) is 6.92 Å². The number of aliphatic hydroxyl groups excluding tert-OH is 1. The molecule has 0 radical (unpaired) electrons. The second-order valence-electron chi connectivity index (χ2n) is 4.41. The minimum absolute atomic E-state index is 0.157. The Balaban J connectivity index is 2.50. The van der Waals surface area contributed by atoms with E-state index in [4.69, 9.17) is 9.84 Å². The van der Waals surface area contributed by atoms with E-state index < -0.39 is 0 Å². The fraction of sp³-hybridized carbons (Fsp3) is 0.750. The van der Waals surface area contributed by atoms with Crippen LogP contribution >= 0.6 is 11.3 Å². The Morgan fingerprint density at radius 1 is 1.59 bits per heavy atom. The molecule has 0 aromatic carbocycles. The number of hydrogen-bond donors (Lipinski definition) is 2. The molecule has 0 aliphatic carbocycles. The molecule has 0 amide bonds. The lowest BCUT2D eigenvalue weighted by Gasteiger charge is -2.29. The van der Waals surface area contributed by atoms with Crippen LogP contribution in [-0.4, -0.2) is 36.0 Å². The number of methoxy groups -OCH3 is 1. The summed E-state index contributed by atoms with van der Waals surface area (Å²) < 4.78 is 5.18. The van der Waals surface area contributed by atoms with Crippen molar-refractivity contribution in [1.29, 1.82) is 0 Å². The van der Waals surface area contributed by atoms with Gasteiger partial charge in [0.15, 0.2) is 0 Å². The highest BCUT2D eigenvalue weighted by atomic mass is 32.1. The van der Waals surface area contributed by atoms with Crippen molar-refractivity contribution >= 4 is 11.3 Å². The van der Waals surface area contributed by atoms with Gasteiger partial charge in [-0.15, -0.1) is 11.3 Å². The zero-order chi connectivity index (χ0) is 12.7. The van der Waals surface area contributed by atoms with Gasteiger partial charge >= 0.3 is 0 Å². The van der Waals surface area contributed by atoms with Gasteiger partial charge in [-0.05, 0) is 19.8 Å². The van der Waals surface area contributed by atoms with Crippen molar-refractivity contribution in [2.45, 2.75) is 38.8 Å². The summed E-state index contributed by atoms with van der Waals surface area (Å²) in [6.07, 6.45) is 1.66. The predicted molar refractivity (Wildman–Crippen MR) is 70.3 cm³/mol. The molecule has 0 aliphatic rings. The maximum atomic E-state index is 9.06. The molecule has 0 saturated heterocycles. The van der Waals surface area contributed by atoms with E-state index in [1.807, 2.05) is 0 Å². The minimum atomic E-state index is -0.195. The van der Waals surface area contributed by atoms with Crippen molar-refractivity contribution in [3.63, 3.8) is 0 Å². The van der Waals surface area contributed by atoms with Crippen LogP contribution < -0.4 is 5.32 Å². The van der Waals surface area contributed by atoms with E-state index in [0.717, 1.165) is 23.7 Å². The number of aromatic nitrogens is 1. The van der Waals surface area contributed by atoms with E-state index in [1.165, 1.54) is 0 Å². The van der Waals surface area contributed by atoms with E-state index in [0.29, 0.717) is 13.0 Å². The Morgan fingerprint density at radius 3 is 2.88 bits per heavy atom. The van der Waals surface area contributed by atoms with E-state index >= 15 is 0 Å². The maximum absolute atomic E-state index is 9.06. The molecule has 2 N–H and O–H groups in total. The van der Waals surface area contributed by atoms with Gasteiger partial charge < -0.3 is 15.2 Å². The number of rotatable bonds is 8. The van der Waals surface area contributed by atoms with Gasteiger partial charge in [-0.2, -0.15) is 0 Å². The molecule has 5 heteroatoms. The highest BCUT2D eigenvalue weighted by Crippen LogP contribution is 2.14. The average molecular weight is 258 g/mol. The van der Waals surface area contributed by atoms with Crippen LogP contribution in [0.25, 0.3) is 0 Å². The lowest BCUT2D eigenvalue weighted by Crippen LogP contribution is -2.46. The minimum Gasteiger partial charge on any atom is -0.396 e. The number of ether oxygens (including phenoxy) is 1. The average Bonchev–Trinajstić information content (AvgIpc) is 2.75. The number of aryl methyl sites for hydroxylation is 1. The van der Waals surface area contributed by atoms with Crippen molar-refractivity contribution in [2.24, 2.45) is 0 Å². The standard InChI is InChI=1S/C12H22N2O2S/c1-4-11-14-10(8-17-11)7-13-12(2,5-6-15)9-16-3/h8,13,15H,4-7,9H2,1-3H3. The highest BCUT2D eigenvalue weighted by Gasteiger charge is 2.23. The fourth-order valence-electron chi connectivity index (χ4n) is 1.67. The van der Waals surface area contributed by atoms with E-state index in [2.05, 4.69) is 29.5 Å². The molecule has 0 saturated carbocycles. The van der Waals surface area contributed by atoms with E-state index in [9.17, 15) is 0 Å². The van der Waals surface area contributed by atoms with Crippen LogP contribution in [0, 0.1) is 0 Å². The van der Waals surface area contributed by atoms with Crippen LogP contribution in [0.5, 0.6) is 0 Å². The Hall–Kier alpha value is -0.490. The van der Waals surface area contributed by atoms with Crippen LogP contribution in [0.4, 0.5) is 0 Å². The summed E-state index contributed by atoms with van der Waals surface area (Å²) >= 11 is 1.70. The lowest BCUT2D eigenvalue weighted by atomic mass is 9.99. The summed E-state index contributed by atoms with van der Waals surface area (Å²) in [5.74, 6) is 0. The summed E-state index contributed by atoms with van der Waals surface area (Å²) in [6, 6.07) is 0. The molecule has 98 valence electrons. The second-order valence-corrected chi connectivity index (χ2v) is 5.35. The van der Waals surface area contributed by atoms with Crippen LogP contribution in [0.3, 0.4) is 0 Å². The molecular weight excluding hydrogens is 236 g/mol. The van der Waals surface area contributed by atoms with Gasteiger partial charge in [0, 0.05) is 31.2 Å². The third kappa shape index (κ3) is 4.71. The maximum Gasteiger partial charge on any atom is 0.0926 e. The van der Waals surface area contributed by atoms with Gasteiger partial charge in [0.25, 0.3) is 0 Å². The van der Waals surface area contributed by atoms with Crippen molar-refractivity contribution in [1.82, 2.24) is 10.3 Å². The van der Waals surface area contributed by atoms with Crippen LogP contribution in [0.2, 0.25) is 0 Å². The Morgan fingerprint density at radius 2 is 2.35 bits per heavy atom. The zero-order valence-electron chi connectivity index (χ0n) is 10.8. The first-order valence-corrected chi connectivity index (χ1v) is 6.79. The van der Waals surface area contributed by atoms with Crippen molar-refractivity contribution in [3.8, 4) is 0 Å². The van der Waals surface area contributed by atoms with Crippen LogP contribution in [0.15, 0.2) is 5.38 Å². The fourth-order valence-corrected chi connectivity index (χ4v) is 2.42. The highest BCUT2D eigenvalue weighted by molar-refractivity contribution is 7.09. The number of nitrogens with zero attached hydrogens (tertiary/aromatic N) is 1.